The summed E-state index contributed by atoms with van der Waals surface area (Å²) in [5.41, 5.74) is 9.73. The van der Waals surface area contributed by atoms with E-state index >= 15 is 0 Å². The van der Waals surface area contributed by atoms with Crippen LogP contribution in [0.2, 0.25) is 5.02 Å². The van der Waals surface area contributed by atoms with Crippen LogP contribution < -0.4 is 25.9 Å². The van der Waals surface area contributed by atoms with Crippen molar-refractivity contribution in [2.24, 2.45) is 5.10 Å². The molecule has 0 aliphatic rings. The number of hydrazone groups is 1. The van der Waals surface area contributed by atoms with Crippen LogP contribution in [0.4, 0.5) is 16.6 Å². The van der Waals surface area contributed by atoms with Crippen LogP contribution in [0.1, 0.15) is 12.5 Å². The summed E-state index contributed by atoms with van der Waals surface area (Å²) in [6.07, 6.45) is 1.57. The fourth-order valence-electron chi connectivity index (χ4n) is 2.42. The van der Waals surface area contributed by atoms with E-state index in [0.29, 0.717) is 45.3 Å². The fraction of sp³-hybridized carbons (Fsp3) is 0.150. The van der Waals surface area contributed by atoms with Crippen LogP contribution in [0.5, 0.6) is 11.5 Å². The Bertz CT molecular complexity index is 1030. The van der Waals surface area contributed by atoms with Crippen molar-refractivity contribution in [3.63, 3.8) is 0 Å². The summed E-state index contributed by atoms with van der Waals surface area (Å²) in [6.45, 7) is 2.03. The number of aromatic nitrogens is 1. The van der Waals surface area contributed by atoms with Gasteiger partial charge in [-0.05, 0) is 36.8 Å². The number of hydrogen-bond acceptors (Lipinski definition) is 8. The second-order valence-corrected chi connectivity index (χ2v) is 7.18. The van der Waals surface area contributed by atoms with Crippen LogP contribution in [0.25, 0.3) is 0 Å². The zero-order chi connectivity index (χ0) is 21.3. The van der Waals surface area contributed by atoms with E-state index in [1.807, 2.05) is 25.1 Å². The summed E-state index contributed by atoms with van der Waals surface area (Å²) in [4.78, 5) is 16.2. The molecule has 156 valence electrons. The molecular weight excluding hydrogens is 426 g/mol. The number of rotatable bonds is 9. The fourth-order valence-corrected chi connectivity index (χ4v) is 3.24. The van der Waals surface area contributed by atoms with E-state index in [2.05, 4.69) is 20.8 Å². The molecule has 4 N–H and O–H groups in total. The van der Waals surface area contributed by atoms with Crippen molar-refractivity contribution < 1.29 is 14.3 Å². The van der Waals surface area contributed by atoms with Crippen molar-refractivity contribution in [3.05, 3.63) is 58.4 Å². The first-order valence-electron chi connectivity index (χ1n) is 8.99. The Kier molecular flexibility index (Phi) is 7.47. The van der Waals surface area contributed by atoms with Crippen LogP contribution in [0, 0.1) is 0 Å². The topological polar surface area (TPSA) is 111 Å². The van der Waals surface area contributed by atoms with Gasteiger partial charge < -0.3 is 20.5 Å². The number of nitrogen functional groups attached to an aromatic ring is 1. The quantitative estimate of drug-likeness (QED) is 0.335. The first-order valence-corrected chi connectivity index (χ1v) is 10.2. The molecule has 1 aromatic heterocycles. The molecule has 0 saturated carbocycles. The van der Waals surface area contributed by atoms with Gasteiger partial charge in [-0.15, -0.1) is 11.3 Å². The van der Waals surface area contributed by atoms with E-state index in [4.69, 9.17) is 26.8 Å². The molecule has 3 rings (SSSR count). The van der Waals surface area contributed by atoms with E-state index in [9.17, 15) is 4.79 Å². The highest BCUT2D eigenvalue weighted by atomic mass is 35.5. The number of carbonyl (C=O) groups excluding carboxylic acids is 1. The lowest BCUT2D eigenvalue weighted by Crippen LogP contribution is -2.20. The van der Waals surface area contributed by atoms with Gasteiger partial charge in [0.05, 0.1) is 17.8 Å². The molecule has 0 aliphatic carbocycles. The Morgan fingerprint density at radius 2 is 2.10 bits per heavy atom. The number of carbonyl (C=O) groups is 1. The highest BCUT2D eigenvalue weighted by Gasteiger charge is 2.14. The van der Waals surface area contributed by atoms with Crippen LogP contribution in [-0.2, 0) is 4.79 Å². The molecular formula is C20H20ClN5O3S. The molecule has 0 bridgehead atoms. The monoisotopic (exact) mass is 445 g/mol. The Morgan fingerprint density at radius 1 is 1.30 bits per heavy atom. The van der Waals surface area contributed by atoms with Crippen molar-refractivity contribution in [2.45, 2.75) is 6.92 Å². The lowest BCUT2D eigenvalue weighted by Gasteiger charge is -2.14. The zero-order valence-electron chi connectivity index (χ0n) is 16.1. The molecule has 0 unspecified atom stereocenters. The minimum absolute atomic E-state index is 0.213. The van der Waals surface area contributed by atoms with Crippen LogP contribution in [0.3, 0.4) is 0 Å². The van der Waals surface area contributed by atoms with Crippen molar-refractivity contribution in [3.8, 4) is 11.5 Å². The van der Waals surface area contributed by atoms with Gasteiger partial charge in [0.1, 0.15) is 5.82 Å². The number of nitrogens with one attached hydrogen (secondary N) is 2. The molecule has 1 amide bonds. The Balaban J connectivity index is 1.67. The van der Waals surface area contributed by atoms with Gasteiger partial charge in [0.2, 0.25) is 5.13 Å². The number of halogens is 1. The predicted octanol–water partition coefficient (Wildman–Crippen LogP) is 4.24. The molecule has 0 saturated heterocycles. The van der Waals surface area contributed by atoms with Gasteiger partial charge in [0.25, 0.3) is 5.91 Å². The maximum absolute atomic E-state index is 12.1. The predicted molar refractivity (Wildman–Crippen MR) is 121 cm³/mol. The summed E-state index contributed by atoms with van der Waals surface area (Å²) >= 11 is 7.71. The van der Waals surface area contributed by atoms with Gasteiger partial charge in [-0.2, -0.15) is 5.10 Å². The van der Waals surface area contributed by atoms with Gasteiger partial charge >= 0.3 is 0 Å². The second kappa shape index (κ2) is 10.5. The lowest BCUT2D eigenvalue weighted by molar-refractivity contribution is -0.118. The van der Waals surface area contributed by atoms with Crippen molar-refractivity contribution in [1.29, 1.82) is 0 Å². The van der Waals surface area contributed by atoms with Crippen LogP contribution in [-0.4, -0.2) is 30.3 Å². The second-order valence-electron chi connectivity index (χ2n) is 5.91. The van der Waals surface area contributed by atoms with Crippen molar-refractivity contribution >= 4 is 51.7 Å². The van der Waals surface area contributed by atoms with Crippen molar-refractivity contribution in [1.82, 2.24) is 4.98 Å². The normalized spacial score (nSPS) is 10.7. The molecule has 0 atom stereocenters. The number of anilines is 3. The molecule has 2 aromatic carbocycles. The molecule has 8 nitrogen and oxygen atoms in total. The Morgan fingerprint density at radius 3 is 2.80 bits per heavy atom. The van der Waals surface area contributed by atoms with Gasteiger partial charge in [0, 0.05) is 11.1 Å². The smallest absolute Gasteiger partial charge is 0.262 e. The summed E-state index contributed by atoms with van der Waals surface area (Å²) in [5, 5.41) is 9.45. The molecule has 30 heavy (non-hydrogen) atoms. The summed E-state index contributed by atoms with van der Waals surface area (Å²) in [7, 11) is 0. The first-order chi connectivity index (χ1) is 14.5. The number of benzene rings is 2. The molecule has 0 fully saturated rings. The molecule has 0 aliphatic heterocycles. The van der Waals surface area contributed by atoms with Gasteiger partial charge in [-0.25, -0.2) is 4.98 Å². The third-order valence-corrected chi connectivity index (χ3v) is 4.68. The Hall–Kier alpha value is -3.30. The largest absolute Gasteiger partial charge is 0.490 e. The van der Waals surface area contributed by atoms with Crippen molar-refractivity contribution in [2.75, 3.05) is 29.7 Å². The van der Waals surface area contributed by atoms with Crippen LogP contribution >= 0.6 is 22.9 Å². The first kappa shape index (κ1) is 21.4. The minimum Gasteiger partial charge on any atom is -0.490 e. The summed E-state index contributed by atoms with van der Waals surface area (Å²) in [5.74, 6) is 0.825. The van der Waals surface area contributed by atoms with E-state index in [1.165, 1.54) is 11.3 Å². The third kappa shape index (κ3) is 6.10. The number of amides is 1. The zero-order valence-corrected chi connectivity index (χ0v) is 17.7. The number of nitrogens with two attached hydrogens (primary N) is 1. The van der Waals surface area contributed by atoms with Gasteiger partial charge in [-0.3, -0.25) is 10.2 Å². The van der Waals surface area contributed by atoms with E-state index in [1.54, 1.807) is 35.9 Å². The van der Waals surface area contributed by atoms with E-state index in [0.717, 1.165) is 0 Å². The summed E-state index contributed by atoms with van der Waals surface area (Å²) in [6, 6.07) is 12.5. The number of ether oxygens (including phenoxy) is 2. The standard InChI is InChI=1S/C20H20ClN5O3S/c1-2-28-16-9-13(10-23-26-20-25-17(22)12-30-20)8-15(21)19(16)29-11-18(27)24-14-6-4-3-5-7-14/h3-10,12H,2,11,22H2,1H3,(H,24,27)(H,25,26). The molecule has 10 heteroatoms. The average molecular weight is 446 g/mol. The number of para-hydroxylation sites is 1. The third-order valence-electron chi connectivity index (χ3n) is 3.63. The van der Waals surface area contributed by atoms with E-state index < -0.39 is 0 Å². The van der Waals surface area contributed by atoms with Gasteiger partial charge in [-0.1, -0.05) is 29.8 Å². The molecule has 1 heterocycles. The molecule has 0 radical (unpaired) electrons. The van der Waals surface area contributed by atoms with E-state index in [-0.39, 0.29) is 12.5 Å². The summed E-state index contributed by atoms with van der Waals surface area (Å²) < 4.78 is 11.3. The molecule has 0 spiro atoms. The number of hydrogen-bond donors (Lipinski definition) is 3. The Labute approximate surface area is 182 Å². The lowest BCUT2D eigenvalue weighted by atomic mass is 10.2. The number of nitrogens with zero attached hydrogens (tertiary/aromatic N) is 2. The highest BCUT2D eigenvalue weighted by Crippen LogP contribution is 2.36. The number of thiazole rings is 1. The highest BCUT2D eigenvalue weighted by molar-refractivity contribution is 7.14. The maximum atomic E-state index is 12.1. The minimum atomic E-state index is -0.308. The molecule has 3 aromatic rings. The van der Waals surface area contributed by atoms with Gasteiger partial charge in [0.15, 0.2) is 18.1 Å². The average Bonchev–Trinajstić information content (AvgIpc) is 3.13. The van der Waals surface area contributed by atoms with Crippen LogP contribution in [0.15, 0.2) is 52.9 Å². The SMILES string of the molecule is CCOc1cc(C=NNc2nc(N)cs2)cc(Cl)c1OCC(=O)Nc1ccccc1. The maximum Gasteiger partial charge on any atom is 0.262 e.